The van der Waals surface area contributed by atoms with Crippen LogP contribution in [0.3, 0.4) is 0 Å². The third-order valence-electron chi connectivity index (χ3n) is 3.94. The molecule has 3 rings (SSSR count). The van der Waals surface area contributed by atoms with Crippen LogP contribution >= 0.6 is 0 Å². The quantitative estimate of drug-likeness (QED) is 0.916. The van der Waals surface area contributed by atoms with E-state index in [1.165, 1.54) is 0 Å². The Morgan fingerprint density at radius 2 is 1.91 bits per heavy atom. The van der Waals surface area contributed by atoms with Crippen LogP contribution in [0, 0.1) is 0 Å². The standard InChI is InChI=1S/C16H19N3O3/c1-17-15(20)11-18-6-8-19(9-7-18)16(21)14-10-12-4-2-3-5-13(12)22-14/h2-5,10H,6-9,11H2,1H3,(H,17,20). The van der Waals surface area contributed by atoms with E-state index < -0.39 is 0 Å². The Balaban J connectivity index is 1.63. The molecule has 1 aliphatic heterocycles. The third-order valence-corrected chi connectivity index (χ3v) is 3.94. The molecule has 0 unspecified atom stereocenters. The highest BCUT2D eigenvalue weighted by molar-refractivity contribution is 5.96. The van der Waals surface area contributed by atoms with Gasteiger partial charge in [0.15, 0.2) is 5.76 Å². The number of likely N-dealkylation sites (N-methyl/N-ethyl adjacent to an activating group) is 1. The maximum absolute atomic E-state index is 12.5. The van der Waals surface area contributed by atoms with Crippen molar-refractivity contribution in [3.05, 3.63) is 36.1 Å². The number of amides is 2. The minimum atomic E-state index is -0.0872. The predicted octanol–water partition coefficient (Wildman–Crippen LogP) is 0.937. The Bertz CT molecular complexity index is 654. The topological polar surface area (TPSA) is 65.8 Å². The first kappa shape index (κ1) is 14.6. The first-order valence-corrected chi connectivity index (χ1v) is 7.38. The van der Waals surface area contributed by atoms with E-state index in [1.807, 2.05) is 29.2 Å². The predicted molar refractivity (Wildman–Crippen MR) is 82.6 cm³/mol. The molecular formula is C16H19N3O3. The second-order valence-electron chi connectivity index (χ2n) is 5.39. The molecule has 1 aromatic carbocycles. The highest BCUT2D eigenvalue weighted by atomic mass is 16.3. The van der Waals surface area contributed by atoms with Crippen LogP contribution in [-0.2, 0) is 4.79 Å². The normalized spacial score (nSPS) is 16.0. The van der Waals surface area contributed by atoms with Gasteiger partial charge in [0, 0.05) is 38.6 Å². The van der Waals surface area contributed by atoms with Gasteiger partial charge in [-0.25, -0.2) is 0 Å². The molecule has 0 atom stereocenters. The zero-order valence-electron chi connectivity index (χ0n) is 12.5. The van der Waals surface area contributed by atoms with Crippen LogP contribution in [0.5, 0.6) is 0 Å². The Morgan fingerprint density at radius 3 is 2.59 bits per heavy atom. The third kappa shape index (κ3) is 2.96. The van der Waals surface area contributed by atoms with E-state index in [1.54, 1.807) is 18.0 Å². The van der Waals surface area contributed by atoms with Gasteiger partial charge in [-0.1, -0.05) is 18.2 Å². The Morgan fingerprint density at radius 1 is 1.18 bits per heavy atom. The monoisotopic (exact) mass is 301 g/mol. The summed E-state index contributed by atoms with van der Waals surface area (Å²) in [6.07, 6.45) is 0. The lowest BCUT2D eigenvalue weighted by atomic mass is 10.2. The zero-order chi connectivity index (χ0) is 15.5. The van der Waals surface area contributed by atoms with E-state index in [-0.39, 0.29) is 11.8 Å². The lowest BCUT2D eigenvalue weighted by Crippen LogP contribution is -2.50. The number of rotatable bonds is 3. The van der Waals surface area contributed by atoms with Gasteiger partial charge >= 0.3 is 0 Å². The molecule has 1 aliphatic rings. The molecule has 0 saturated carbocycles. The maximum Gasteiger partial charge on any atom is 0.289 e. The number of nitrogens with one attached hydrogen (secondary N) is 1. The van der Waals surface area contributed by atoms with Gasteiger partial charge in [-0.15, -0.1) is 0 Å². The molecule has 1 fully saturated rings. The van der Waals surface area contributed by atoms with Crippen molar-refractivity contribution in [1.29, 1.82) is 0 Å². The number of benzene rings is 1. The average molecular weight is 301 g/mol. The van der Waals surface area contributed by atoms with Crippen molar-refractivity contribution in [1.82, 2.24) is 15.1 Å². The molecular weight excluding hydrogens is 282 g/mol. The largest absolute Gasteiger partial charge is 0.451 e. The van der Waals surface area contributed by atoms with Crippen molar-refractivity contribution in [3.8, 4) is 0 Å². The lowest BCUT2D eigenvalue weighted by molar-refractivity contribution is -0.122. The van der Waals surface area contributed by atoms with E-state index in [0.29, 0.717) is 38.5 Å². The van der Waals surface area contributed by atoms with Gasteiger partial charge in [-0.05, 0) is 12.1 Å². The molecule has 0 bridgehead atoms. The van der Waals surface area contributed by atoms with Crippen LogP contribution in [0.1, 0.15) is 10.6 Å². The summed E-state index contributed by atoms with van der Waals surface area (Å²) in [6, 6.07) is 9.38. The maximum atomic E-state index is 12.5. The lowest BCUT2D eigenvalue weighted by Gasteiger charge is -2.33. The van der Waals surface area contributed by atoms with Crippen molar-refractivity contribution in [2.75, 3.05) is 39.8 Å². The highest BCUT2D eigenvalue weighted by Crippen LogP contribution is 2.20. The Labute approximate surface area is 128 Å². The average Bonchev–Trinajstić information content (AvgIpc) is 2.98. The van der Waals surface area contributed by atoms with E-state index in [9.17, 15) is 9.59 Å². The number of piperazine rings is 1. The van der Waals surface area contributed by atoms with E-state index in [4.69, 9.17) is 4.42 Å². The molecule has 1 N–H and O–H groups in total. The summed E-state index contributed by atoms with van der Waals surface area (Å²) in [4.78, 5) is 27.7. The van der Waals surface area contributed by atoms with Gasteiger partial charge in [0.25, 0.3) is 5.91 Å². The molecule has 2 aromatic rings. The molecule has 2 heterocycles. The second kappa shape index (κ2) is 6.19. The van der Waals surface area contributed by atoms with E-state index in [0.717, 1.165) is 11.0 Å². The van der Waals surface area contributed by atoms with Gasteiger partial charge in [0.05, 0.1) is 6.54 Å². The van der Waals surface area contributed by atoms with Gasteiger partial charge in [-0.2, -0.15) is 0 Å². The molecule has 22 heavy (non-hydrogen) atoms. The van der Waals surface area contributed by atoms with Crippen LogP contribution in [0.15, 0.2) is 34.7 Å². The van der Waals surface area contributed by atoms with Crippen molar-refractivity contribution in [3.63, 3.8) is 0 Å². The molecule has 0 radical (unpaired) electrons. The summed E-state index contributed by atoms with van der Waals surface area (Å²) in [5, 5.41) is 3.55. The fraction of sp³-hybridized carbons (Fsp3) is 0.375. The van der Waals surface area contributed by atoms with E-state index >= 15 is 0 Å². The SMILES string of the molecule is CNC(=O)CN1CCN(C(=O)c2cc3ccccc3o2)CC1. The molecule has 0 spiro atoms. The Kier molecular flexibility index (Phi) is 4.11. The smallest absolute Gasteiger partial charge is 0.289 e. The van der Waals surface area contributed by atoms with Gasteiger partial charge in [-0.3, -0.25) is 14.5 Å². The molecule has 0 aliphatic carbocycles. The molecule has 1 saturated heterocycles. The first-order valence-electron chi connectivity index (χ1n) is 7.38. The summed E-state index contributed by atoms with van der Waals surface area (Å²) >= 11 is 0. The number of hydrogen-bond donors (Lipinski definition) is 1. The van der Waals surface area contributed by atoms with Crippen LogP contribution in [0.2, 0.25) is 0 Å². The fourth-order valence-electron chi connectivity index (χ4n) is 2.63. The highest BCUT2D eigenvalue weighted by Gasteiger charge is 2.25. The number of para-hydroxylation sites is 1. The fourth-order valence-corrected chi connectivity index (χ4v) is 2.63. The van der Waals surface area contributed by atoms with E-state index in [2.05, 4.69) is 5.32 Å². The van der Waals surface area contributed by atoms with Crippen molar-refractivity contribution >= 4 is 22.8 Å². The van der Waals surface area contributed by atoms with Crippen LogP contribution in [0.4, 0.5) is 0 Å². The minimum Gasteiger partial charge on any atom is -0.451 e. The number of nitrogens with zero attached hydrogens (tertiary/aromatic N) is 2. The van der Waals surface area contributed by atoms with Crippen LogP contribution in [-0.4, -0.2) is 61.4 Å². The second-order valence-corrected chi connectivity index (χ2v) is 5.39. The van der Waals surface area contributed by atoms with Crippen LogP contribution in [0.25, 0.3) is 11.0 Å². The summed E-state index contributed by atoms with van der Waals surface area (Å²) < 4.78 is 5.62. The summed E-state index contributed by atoms with van der Waals surface area (Å²) in [6.45, 7) is 2.97. The molecule has 1 aromatic heterocycles. The molecule has 6 heteroatoms. The summed E-state index contributed by atoms with van der Waals surface area (Å²) in [5.41, 5.74) is 0.726. The van der Waals surface area contributed by atoms with Gasteiger partial charge in [0.1, 0.15) is 5.58 Å². The van der Waals surface area contributed by atoms with Crippen LogP contribution < -0.4 is 5.32 Å². The number of carbonyl (C=O) groups is 2. The molecule has 116 valence electrons. The van der Waals surface area contributed by atoms with Gasteiger partial charge < -0.3 is 14.6 Å². The van der Waals surface area contributed by atoms with Crippen molar-refractivity contribution < 1.29 is 14.0 Å². The number of carbonyl (C=O) groups excluding carboxylic acids is 2. The first-order chi connectivity index (χ1) is 10.7. The van der Waals surface area contributed by atoms with Gasteiger partial charge in [0.2, 0.25) is 5.91 Å². The number of furan rings is 1. The van der Waals surface area contributed by atoms with Crippen molar-refractivity contribution in [2.45, 2.75) is 0 Å². The summed E-state index contributed by atoms with van der Waals surface area (Å²) in [7, 11) is 1.63. The number of hydrogen-bond acceptors (Lipinski definition) is 4. The molecule has 2 amide bonds. The molecule has 6 nitrogen and oxygen atoms in total. The Hall–Kier alpha value is -2.34. The van der Waals surface area contributed by atoms with Crippen molar-refractivity contribution in [2.24, 2.45) is 0 Å². The zero-order valence-corrected chi connectivity index (χ0v) is 12.5. The number of fused-ring (bicyclic) bond motifs is 1. The minimum absolute atomic E-state index is 0.00272. The summed E-state index contributed by atoms with van der Waals surface area (Å²) in [5.74, 6) is 0.286.